The zero-order chi connectivity index (χ0) is 35.1. The summed E-state index contributed by atoms with van der Waals surface area (Å²) in [4.78, 5) is 4.90. The minimum absolute atomic E-state index is 0.00551. The number of benzene rings is 8. The van der Waals surface area contributed by atoms with Crippen LogP contribution in [-0.2, 0) is 0 Å². The van der Waals surface area contributed by atoms with Gasteiger partial charge in [-0.3, -0.25) is 0 Å². The third-order valence-corrected chi connectivity index (χ3v) is 12.1. The minimum Gasteiger partial charge on any atom is -0.453 e. The van der Waals surface area contributed by atoms with Crippen LogP contribution in [0.5, 0.6) is 23.0 Å². The number of rotatable bonds is 2. The van der Waals surface area contributed by atoms with Crippen LogP contribution in [-0.4, -0.2) is 6.71 Å². The second-order valence-corrected chi connectivity index (χ2v) is 14.8. The molecule has 1 aliphatic carbocycles. The molecule has 13 rings (SSSR count). The molecule has 5 aliphatic rings. The fourth-order valence-corrected chi connectivity index (χ4v) is 9.94. The molecule has 0 radical (unpaired) electrons. The predicted molar refractivity (Wildman–Crippen MR) is 219 cm³/mol. The highest BCUT2D eigenvalue weighted by molar-refractivity contribution is 7.00. The highest BCUT2D eigenvalue weighted by Crippen LogP contribution is 2.57. The Balaban J connectivity index is 1.06. The van der Waals surface area contributed by atoms with Gasteiger partial charge < -0.3 is 19.3 Å². The Hall–Kier alpha value is -6.98. The third-order valence-electron chi connectivity index (χ3n) is 12.1. The molecule has 5 heteroatoms. The van der Waals surface area contributed by atoms with E-state index in [1.807, 2.05) is 0 Å². The van der Waals surface area contributed by atoms with Gasteiger partial charge >= 0.3 is 0 Å². The van der Waals surface area contributed by atoms with Crippen molar-refractivity contribution in [2.45, 2.75) is 5.92 Å². The molecule has 8 aromatic rings. The zero-order valence-electron chi connectivity index (χ0n) is 29.0. The third kappa shape index (κ3) is 3.63. The van der Waals surface area contributed by atoms with Crippen molar-refractivity contribution in [3.63, 3.8) is 0 Å². The number of fused-ring (bicyclic) bond motifs is 11. The molecule has 0 fully saturated rings. The van der Waals surface area contributed by atoms with E-state index < -0.39 is 0 Å². The quantitative estimate of drug-likeness (QED) is 0.169. The molecule has 4 heterocycles. The maximum absolute atomic E-state index is 6.64. The Kier molecular flexibility index (Phi) is 5.47. The highest BCUT2D eigenvalue weighted by Gasteiger charge is 2.48. The monoisotopic (exact) mass is 688 g/mol. The molecule has 0 bridgehead atoms. The second-order valence-electron chi connectivity index (χ2n) is 14.8. The lowest BCUT2D eigenvalue weighted by atomic mass is 9.33. The van der Waals surface area contributed by atoms with Gasteiger partial charge in [-0.05, 0) is 104 Å². The number of para-hydroxylation sites is 6. The first-order valence-corrected chi connectivity index (χ1v) is 18.7. The largest absolute Gasteiger partial charge is 0.453 e. The molecule has 0 saturated carbocycles. The van der Waals surface area contributed by atoms with Gasteiger partial charge in [0.15, 0.2) is 23.0 Å². The fourth-order valence-electron chi connectivity index (χ4n) is 9.94. The zero-order valence-corrected chi connectivity index (χ0v) is 29.0. The number of hydrogen-bond acceptors (Lipinski definition) is 4. The van der Waals surface area contributed by atoms with Gasteiger partial charge in [0.05, 0.1) is 22.7 Å². The Morgan fingerprint density at radius 2 is 0.889 bits per heavy atom. The molecule has 0 amide bonds. The molecule has 0 unspecified atom stereocenters. The van der Waals surface area contributed by atoms with Crippen LogP contribution >= 0.6 is 0 Å². The lowest BCUT2D eigenvalue weighted by molar-refractivity contribution is 0.477. The molecular weight excluding hydrogens is 659 g/mol. The van der Waals surface area contributed by atoms with Gasteiger partial charge in [-0.1, -0.05) is 121 Å². The summed E-state index contributed by atoms with van der Waals surface area (Å²) in [6, 6.07) is 61.7. The molecule has 4 aliphatic heterocycles. The normalized spacial score (nSPS) is 14.4. The maximum atomic E-state index is 6.64. The van der Waals surface area contributed by atoms with E-state index in [4.69, 9.17) is 9.47 Å². The van der Waals surface area contributed by atoms with E-state index >= 15 is 0 Å². The van der Waals surface area contributed by atoms with Crippen molar-refractivity contribution >= 4 is 57.2 Å². The van der Waals surface area contributed by atoms with Gasteiger partial charge in [0.25, 0.3) is 6.71 Å². The van der Waals surface area contributed by atoms with Crippen LogP contribution in [0.1, 0.15) is 22.6 Å². The van der Waals surface area contributed by atoms with Crippen molar-refractivity contribution in [3.05, 3.63) is 187 Å². The van der Waals surface area contributed by atoms with E-state index in [1.54, 1.807) is 0 Å². The van der Waals surface area contributed by atoms with E-state index in [1.165, 1.54) is 61.1 Å². The summed E-state index contributed by atoms with van der Waals surface area (Å²) in [5, 5.41) is 0. The van der Waals surface area contributed by atoms with Crippen LogP contribution in [0.15, 0.2) is 170 Å². The van der Waals surface area contributed by atoms with Crippen molar-refractivity contribution in [3.8, 4) is 45.3 Å². The van der Waals surface area contributed by atoms with E-state index in [2.05, 4.69) is 180 Å². The summed E-state index contributed by atoms with van der Waals surface area (Å²) < 4.78 is 13.3. The molecule has 0 aromatic heterocycles. The molecule has 0 atom stereocenters. The van der Waals surface area contributed by atoms with E-state index in [-0.39, 0.29) is 12.6 Å². The van der Waals surface area contributed by atoms with Gasteiger partial charge in [-0.15, -0.1) is 0 Å². The SMILES string of the molecule is c1ccc2c(c1)Oc1cccc3c1N2c1cc(-c2ccc(C4c5ccccc5-c5ccccc54)cc2)cc2c1B3c1cccc3c1N2c1ccccc1O3. The summed E-state index contributed by atoms with van der Waals surface area (Å²) in [6.45, 7) is -0.00551. The van der Waals surface area contributed by atoms with Crippen LogP contribution in [0, 0.1) is 0 Å². The van der Waals surface area contributed by atoms with E-state index in [0.717, 1.165) is 51.3 Å². The Morgan fingerprint density at radius 1 is 0.407 bits per heavy atom. The average Bonchev–Trinajstić information content (AvgIpc) is 3.57. The molecule has 0 spiro atoms. The van der Waals surface area contributed by atoms with Crippen LogP contribution < -0.4 is 35.7 Å². The summed E-state index contributed by atoms with van der Waals surface area (Å²) in [7, 11) is 0. The summed E-state index contributed by atoms with van der Waals surface area (Å²) in [5.74, 6) is 3.67. The Morgan fingerprint density at radius 3 is 1.44 bits per heavy atom. The van der Waals surface area contributed by atoms with Gasteiger partial charge in [-0.25, -0.2) is 0 Å². The predicted octanol–water partition coefficient (Wildman–Crippen LogP) is 10.8. The van der Waals surface area contributed by atoms with Crippen LogP contribution in [0.4, 0.5) is 34.1 Å². The van der Waals surface area contributed by atoms with E-state index in [0.29, 0.717) is 0 Å². The van der Waals surface area contributed by atoms with Crippen LogP contribution in [0.25, 0.3) is 22.3 Å². The summed E-state index contributed by atoms with van der Waals surface area (Å²) in [6.07, 6.45) is 0. The molecule has 0 saturated heterocycles. The fraction of sp³-hybridized carbons (Fsp3) is 0.0204. The second kappa shape index (κ2) is 10.3. The molecule has 8 aromatic carbocycles. The standard InChI is InChI=1S/C49H29BN2O2/c1-3-13-34-32(11-1)33-12-2-4-14-35(33)46(34)30-25-23-29(24-26-30)31-27-40-47-41(28-31)52-39-18-6-8-20-43(39)54-45-22-10-16-37(49(45)52)50(47)36-15-9-21-44-48(36)51(40)38-17-5-7-19-42(38)53-44/h1-28,46H. The molecular formula is C49H29BN2O2. The average molecular weight is 689 g/mol. The van der Waals surface area contributed by atoms with Crippen molar-refractivity contribution in [2.75, 3.05) is 9.80 Å². The van der Waals surface area contributed by atoms with E-state index in [9.17, 15) is 0 Å². The number of nitrogens with zero attached hydrogens (tertiary/aromatic N) is 2. The first-order valence-electron chi connectivity index (χ1n) is 18.7. The van der Waals surface area contributed by atoms with Gasteiger partial charge in [-0.2, -0.15) is 0 Å². The highest BCUT2D eigenvalue weighted by atomic mass is 16.5. The van der Waals surface area contributed by atoms with Crippen LogP contribution in [0.3, 0.4) is 0 Å². The first kappa shape index (κ1) is 28.6. The minimum atomic E-state index is -0.00551. The lowest BCUT2D eigenvalue weighted by Crippen LogP contribution is -2.61. The van der Waals surface area contributed by atoms with Crippen LogP contribution in [0.2, 0.25) is 0 Å². The molecule has 4 nitrogen and oxygen atoms in total. The Bertz CT molecular complexity index is 2760. The Labute approximate surface area is 313 Å². The van der Waals surface area contributed by atoms with Crippen molar-refractivity contribution in [1.82, 2.24) is 0 Å². The number of hydrogen-bond donors (Lipinski definition) is 0. The van der Waals surface area contributed by atoms with Gasteiger partial charge in [0.2, 0.25) is 0 Å². The number of anilines is 6. The summed E-state index contributed by atoms with van der Waals surface area (Å²) >= 11 is 0. The smallest absolute Gasteiger partial charge is 0.252 e. The van der Waals surface area contributed by atoms with Gasteiger partial charge in [0.1, 0.15) is 0 Å². The number of ether oxygens (including phenoxy) is 2. The topological polar surface area (TPSA) is 24.9 Å². The molecule has 0 N–H and O–H groups in total. The van der Waals surface area contributed by atoms with Crippen molar-refractivity contribution in [1.29, 1.82) is 0 Å². The maximum Gasteiger partial charge on any atom is 0.252 e. The first-order chi connectivity index (χ1) is 26.8. The van der Waals surface area contributed by atoms with Crippen molar-refractivity contribution in [2.24, 2.45) is 0 Å². The van der Waals surface area contributed by atoms with Crippen molar-refractivity contribution < 1.29 is 9.47 Å². The molecule has 54 heavy (non-hydrogen) atoms. The lowest BCUT2D eigenvalue weighted by Gasteiger charge is -2.47. The molecule has 250 valence electrons. The summed E-state index contributed by atoms with van der Waals surface area (Å²) in [5.41, 5.74) is 19.5. The van der Waals surface area contributed by atoms with Gasteiger partial charge in [0, 0.05) is 17.3 Å².